The summed E-state index contributed by atoms with van der Waals surface area (Å²) in [7, 11) is 1.26. The lowest BCUT2D eigenvalue weighted by molar-refractivity contribution is 0.0597. The minimum absolute atomic E-state index is 0.0485. The molecule has 3 rings (SSSR count). The van der Waals surface area contributed by atoms with Crippen molar-refractivity contribution in [1.29, 1.82) is 0 Å². The number of ether oxygens (including phenoxy) is 3. The lowest BCUT2D eigenvalue weighted by Gasteiger charge is -2.21. The molecule has 0 amide bonds. The Kier molecular flexibility index (Phi) is 4.18. The molecular formula is C17H14FNO5. The maximum absolute atomic E-state index is 14.0. The van der Waals surface area contributed by atoms with Gasteiger partial charge in [0.2, 0.25) is 0 Å². The zero-order chi connectivity index (χ0) is 17.3. The molecule has 0 bridgehead atoms. The molecule has 124 valence electrons. The van der Waals surface area contributed by atoms with Gasteiger partial charge in [-0.2, -0.15) is 0 Å². The monoisotopic (exact) mass is 331 g/mol. The van der Waals surface area contributed by atoms with Crippen LogP contribution in [-0.2, 0) is 4.74 Å². The molecule has 2 heterocycles. The smallest absolute Gasteiger partial charge is 0.341 e. The minimum atomic E-state index is -1.06. The molecule has 0 saturated carbocycles. The van der Waals surface area contributed by atoms with Crippen molar-refractivity contribution < 1.29 is 28.5 Å². The molecule has 1 aromatic heterocycles. The Morgan fingerprint density at radius 1 is 1.38 bits per heavy atom. The number of aliphatic hydroxyl groups is 1. The Bertz CT molecular complexity index is 832. The van der Waals surface area contributed by atoms with Crippen molar-refractivity contribution in [2.75, 3.05) is 7.11 Å². The van der Waals surface area contributed by atoms with Gasteiger partial charge in [0.15, 0.2) is 17.3 Å². The van der Waals surface area contributed by atoms with Crippen LogP contribution in [-0.4, -0.2) is 23.2 Å². The fraction of sp³-hybridized carbons (Fsp3) is 0.176. The van der Waals surface area contributed by atoms with Gasteiger partial charge in [0.1, 0.15) is 17.6 Å². The van der Waals surface area contributed by atoms with E-state index >= 15 is 0 Å². The van der Waals surface area contributed by atoms with Crippen molar-refractivity contribution in [2.24, 2.45) is 0 Å². The number of hydrogen-bond donors (Lipinski definition) is 1. The molecule has 2 aromatic rings. The van der Waals surface area contributed by atoms with Gasteiger partial charge in [-0.3, -0.25) is 4.98 Å². The number of nitrogens with zero attached hydrogens (tertiary/aromatic N) is 1. The van der Waals surface area contributed by atoms with Gasteiger partial charge in [-0.1, -0.05) is 6.07 Å². The summed E-state index contributed by atoms with van der Waals surface area (Å²) in [6.07, 6.45) is 2.56. The fourth-order valence-electron chi connectivity index (χ4n) is 2.43. The van der Waals surface area contributed by atoms with Gasteiger partial charge in [0.25, 0.3) is 0 Å². The summed E-state index contributed by atoms with van der Waals surface area (Å²) in [5, 5.41) is 9.81. The summed E-state index contributed by atoms with van der Waals surface area (Å²) >= 11 is 0. The second-order valence-electron chi connectivity index (χ2n) is 5.08. The average molecular weight is 331 g/mol. The van der Waals surface area contributed by atoms with E-state index in [1.54, 1.807) is 12.1 Å². The first kappa shape index (κ1) is 15.9. The van der Waals surface area contributed by atoms with Gasteiger partial charge >= 0.3 is 5.97 Å². The molecule has 0 fully saturated rings. The summed E-state index contributed by atoms with van der Waals surface area (Å²) in [6, 6.07) is 4.75. The Hall–Kier alpha value is -2.93. The largest absolute Gasteiger partial charge is 0.465 e. The van der Waals surface area contributed by atoms with E-state index in [0.717, 1.165) is 6.20 Å². The molecule has 0 spiro atoms. The van der Waals surface area contributed by atoms with E-state index in [1.807, 2.05) is 0 Å². The number of esters is 1. The van der Waals surface area contributed by atoms with Crippen LogP contribution in [0, 0.1) is 5.82 Å². The lowest BCUT2D eigenvalue weighted by Crippen LogP contribution is -2.12. The third-order valence-electron chi connectivity index (χ3n) is 3.51. The number of pyridine rings is 1. The van der Waals surface area contributed by atoms with E-state index in [0.29, 0.717) is 0 Å². The van der Waals surface area contributed by atoms with Gasteiger partial charge in [0, 0.05) is 17.3 Å². The number of hydrogen-bond acceptors (Lipinski definition) is 6. The number of rotatable bonds is 3. The molecule has 1 N–H and O–H groups in total. The molecule has 0 saturated heterocycles. The molecule has 24 heavy (non-hydrogen) atoms. The first-order valence-corrected chi connectivity index (χ1v) is 7.10. The number of carbonyl (C=O) groups excluding carboxylic acids is 1. The molecule has 6 nitrogen and oxygen atoms in total. The van der Waals surface area contributed by atoms with E-state index in [1.165, 1.54) is 32.6 Å². The normalized spacial score (nSPS) is 13.9. The van der Waals surface area contributed by atoms with E-state index < -0.39 is 17.9 Å². The van der Waals surface area contributed by atoms with Crippen molar-refractivity contribution in [3.8, 4) is 11.5 Å². The molecule has 0 unspecified atom stereocenters. The summed E-state index contributed by atoms with van der Waals surface area (Å²) in [4.78, 5) is 15.5. The number of aromatic nitrogens is 1. The molecular weight excluding hydrogens is 317 g/mol. The standard InChI is InChI=1S/C17H14FNO5/c1-9(20)15-11(6-19-7-12(15)18)14-8-23-16-10(17(21)22-2)4-3-5-13(16)24-14/h3-9,20H,1-2H3/t9-/m0/s1. The van der Waals surface area contributed by atoms with Crippen LogP contribution in [0.2, 0.25) is 0 Å². The highest BCUT2D eigenvalue weighted by atomic mass is 19.1. The van der Waals surface area contributed by atoms with Crippen molar-refractivity contribution in [3.63, 3.8) is 0 Å². The molecule has 1 aliphatic heterocycles. The van der Waals surface area contributed by atoms with E-state index in [4.69, 9.17) is 14.2 Å². The van der Waals surface area contributed by atoms with Crippen LogP contribution < -0.4 is 9.47 Å². The molecule has 0 aliphatic carbocycles. The predicted octanol–water partition coefficient (Wildman–Crippen LogP) is 2.83. The summed E-state index contributed by atoms with van der Waals surface area (Å²) in [5.41, 5.74) is 0.518. The number of carbonyl (C=O) groups is 1. The first-order valence-electron chi connectivity index (χ1n) is 7.10. The number of fused-ring (bicyclic) bond motifs is 1. The van der Waals surface area contributed by atoms with Crippen LogP contribution in [0.25, 0.3) is 5.76 Å². The van der Waals surface area contributed by atoms with Crippen LogP contribution >= 0.6 is 0 Å². The third-order valence-corrected chi connectivity index (χ3v) is 3.51. The van der Waals surface area contributed by atoms with Crippen molar-refractivity contribution >= 4 is 11.7 Å². The van der Waals surface area contributed by atoms with E-state index in [-0.39, 0.29) is 33.9 Å². The van der Waals surface area contributed by atoms with Gasteiger partial charge in [-0.25, -0.2) is 9.18 Å². The van der Waals surface area contributed by atoms with Crippen LogP contribution in [0.5, 0.6) is 11.5 Å². The summed E-state index contributed by atoms with van der Waals surface area (Å²) in [6.45, 7) is 1.44. The number of halogens is 1. The average Bonchev–Trinajstić information content (AvgIpc) is 2.59. The van der Waals surface area contributed by atoms with Crippen molar-refractivity contribution in [2.45, 2.75) is 13.0 Å². The first-order chi connectivity index (χ1) is 11.5. The van der Waals surface area contributed by atoms with Gasteiger partial charge in [-0.15, -0.1) is 0 Å². The molecule has 1 aromatic carbocycles. The van der Waals surface area contributed by atoms with Crippen molar-refractivity contribution in [1.82, 2.24) is 4.98 Å². The number of methoxy groups -OCH3 is 1. The van der Waals surface area contributed by atoms with Gasteiger partial charge < -0.3 is 19.3 Å². The van der Waals surface area contributed by atoms with Crippen LogP contribution in [0.4, 0.5) is 4.39 Å². The maximum Gasteiger partial charge on any atom is 0.341 e. The number of para-hydroxylation sites is 1. The Morgan fingerprint density at radius 3 is 2.88 bits per heavy atom. The molecule has 0 radical (unpaired) electrons. The summed E-state index contributed by atoms with van der Waals surface area (Å²) in [5.74, 6) is -0.565. The maximum atomic E-state index is 14.0. The fourth-order valence-corrected chi connectivity index (χ4v) is 2.43. The Morgan fingerprint density at radius 2 is 2.17 bits per heavy atom. The van der Waals surface area contributed by atoms with Crippen LogP contribution in [0.1, 0.15) is 34.5 Å². The highest BCUT2D eigenvalue weighted by molar-refractivity contribution is 5.94. The van der Waals surface area contributed by atoms with Gasteiger partial charge in [-0.05, 0) is 19.1 Å². The lowest BCUT2D eigenvalue weighted by atomic mass is 10.0. The Balaban J connectivity index is 2.03. The van der Waals surface area contributed by atoms with Gasteiger partial charge in [0.05, 0.1) is 19.4 Å². The van der Waals surface area contributed by atoms with Crippen LogP contribution in [0.15, 0.2) is 36.9 Å². The quantitative estimate of drug-likeness (QED) is 0.872. The SMILES string of the molecule is COC(=O)c1cccc2c1OC=C(c1cncc(F)c1[C@H](C)O)O2. The number of benzene rings is 1. The molecule has 1 atom stereocenters. The second kappa shape index (κ2) is 6.29. The molecule has 7 heteroatoms. The van der Waals surface area contributed by atoms with Crippen molar-refractivity contribution in [3.05, 3.63) is 59.4 Å². The zero-order valence-corrected chi connectivity index (χ0v) is 12.9. The third kappa shape index (κ3) is 2.69. The highest BCUT2D eigenvalue weighted by Gasteiger charge is 2.25. The molecule has 1 aliphatic rings. The number of aliphatic hydroxyl groups excluding tert-OH is 1. The Labute approximate surface area is 137 Å². The van der Waals surface area contributed by atoms with E-state index in [9.17, 15) is 14.3 Å². The second-order valence-corrected chi connectivity index (χ2v) is 5.08. The summed E-state index contributed by atoms with van der Waals surface area (Å²) < 4.78 is 29.9. The predicted molar refractivity (Wildman–Crippen MR) is 81.8 cm³/mol. The van der Waals surface area contributed by atoms with E-state index in [2.05, 4.69) is 4.98 Å². The highest BCUT2D eigenvalue weighted by Crippen LogP contribution is 2.39. The minimum Gasteiger partial charge on any atom is -0.465 e. The van der Waals surface area contributed by atoms with Crippen LogP contribution in [0.3, 0.4) is 0 Å². The topological polar surface area (TPSA) is 77.9 Å². The zero-order valence-electron chi connectivity index (χ0n) is 12.9.